The lowest BCUT2D eigenvalue weighted by molar-refractivity contribution is -0.122. The maximum absolute atomic E-state index is 11.6. The molecule has 0 saturated carbocycles. The molecule has 1 N–H and O–H groups in total. The van der Waals surface area contributed by atoms with Crippen molar-refractivity contribution in [3.8, 4) is 0 Å². The number of pyridine rings is 1. The number of hydrogen-bond donors (Lipinski definition) is 1. The minimum atomic E-state index is -0.295. The lowest BCUT2D eigenvalue weighted by atomic mass is 10.1. The fraction of sp³-hybridized carbons (Fsp3) is 0.417. The van der Waals surface area contributed by atoms with Crippen LogP contribution in [0.25, 0.3) is 0 Å². The molecule has 1 saturated heterocycles. The number of hydrogen-bond acceptors (Lipinski definition) is 4. The van der Waals surface area contributed by atoms with Gasteiger partial charge in [0, 0.05) is 19.3 Å². The average Bonchev–Trinajstić information content (AvgIpc) is 2.33. The third-order valence-electron chi connectivity index (χ3n) is 2.94. The van der Waals surface area contributed by atoms with Crippen molar-refractivity contribution in [1.29, 1.82) is 0 Å². The van der Waals surface area contributed by atoms with E-state index >= 15 is 0 Å². The van der Waals surface area contributed by atoms with Gasteiger partial charge in [-0.25, -0.2) is 4.98 Å². The summed E-state index contributed by atoms with van der Waals surface area (Å²) in [6, 6.07) is 3.18. The van der Waals surface area contributed by atoms with Crippen LogP contribution < -0.4 is 10.2 Å². The summed E-state index contributed by atoms with van der Waals surface area (Å²) in [5.41, 5.74) is 0.564. The Morgan fingerprint density at radius 1 is 1.59 bits per heavy atom. The van der Waals surface area contributed by atoms with E-state index < -0.39 is 0 Å². The van der Waals surface area contributed by atoms with E-state index in [-0.39, 0.29) is 17.7 Å². The van der Waals surface area contributed by atoms with Crippen molar-refractivity contribution in [1.82, 2.24) is 10.3 Å². The highest BCUT2D eigenvalue weighted by molar-refractivity contribution is 5.99. The van der Waals surface area contributed by atoms with E-state index in [9.17, 15) is 9.59 Å². The second kappa shape index (κ2) is 4.53. The van der Waals surface area contributed by atoms with E-state index in [1.54, 1.807) is 18.3 Å². The number of anilines is 1. The molecule has 0 spiro atoms. The van der Waals surface area contributed by atoms with Crippen LogP contribution in [0.5, 0.6) is 0 Å². The van der Waals surface area contributed by atoms with Crippen molar-refractivity contribution < 1.29 is 9.59 Å². The minimum absolute atomic E-state index is 0.0311. The molecule has 5 nitrogen and oxygen atoms in total. The van der Waals surface area contributed by atoms with Gasteiger partial charge in [-0.2, -0.15) is 0 Å². The Bertz CT molecular complexity index is 459. The molecule has 1 amide bonds. The Hall–Kier alpha value is -1.91. The van der Waals surface area contributed by atoms with Crippen molar-refractivity contribution in [3.63, 3.8) is 0 Å². The fourth-order valence-corrected chi connectivity index (χ4v) is 1.97. The lowest BCUT2D eigenvalue weighted by Crippen LogP contribution is -2.54. The molecule has 2 rings (SSSR count). The molecule has 1 aliphatic heterocycles. The zero-order chi connectivity index (χ0) is 12.4. The SMILES string of the molecule is CC(=O)c1cccnc1N1CCNC(=O)C1C. The molecule has 0 aliphatic carbocycles. The number of rotatable bonds is 2. The highest BCUT2D eigenvalue weighted by atomic mass is 16.2. The number of ketones is 1. The van der Waals surface area contributed by atoms with Gasteiger partial charge < -0.3 is 10.2 Å². The van der Waals surface area contributed by atoms with Crippen LogP contribution in [0, 0.1) is 0 Å². The topological polar surface area (TPSA) is 62.3 Å². The zero-order valence-corrected chi connectivity index (χ0v) is 9.93. The largest absolute Gasteiger partial charge is 0.353 e. The summed E-state index contributed by atoms with van der Waals surface area (Å²) in [6.45, 7) is 4.57. The van der Waals surface area contributed by atoms with Crippen molar-refractivity contribution in [2.45, 2.75) is 19.9 Å². The molecule has 90 valence electrons. The number of piperazine rings is 1. The lowest BCUT2D eigenvalue weighted by Gasteiger charge is -2.34. The van der Waals surface area contributed by atoms with E-state index in [1.807, 2.05) is 11.8 Å². The molecule has 1 atom stereocenters. The first-order valence-corrected chi connectivity index (χ1v) is 5.61. The van der Waals surface area contributed by atoms with Crippen molar-refractivity contribution in [3.05, 3.63) is 23.9 Å². The number of carbonyl (C=O) groups excluding carboxylic acids is 2. The molecule has 0 aromatic carbocycles. The Kier molecular flexibility index (Phi) is 3.08. The first kappa shape index (κ1) is 11.6. The van der Waals surface area contributed by atoms with E-state index in [4.69, 9.17) is 0 Å². The van der Waals surface area contributed by atoms with Crippen LogP contribution in [0.3, 0.4) is 0 Å². The number of carbonyl (C=O) groups is 2. The first-order chi connectivity index (χ1) is 8.11. The Morgan fingerprint density at radius 2 is 2.35 bits per heavy atom. The standard InChI is InChI=1S/C12H15N3O2/c1-8-12(17)14-6-7-15(8)11-10(9(2)16)4-3-5-13-11/h3-5,8H,6-7H2,1-2H3,(H,14,17). The Balaban J connectivity index is 2.39. The highest BCUT2D eigenvalue weighted by Crippen LogP contribution is 2.21. The molecule has 0 bridgehead atoms. The number of aromatic nitrogens is 1. The van der Waals surface area contributed by atoms with Gasteiger partial charge in [-0.3, -0.25) is 9.59 Å². The molecule has 1 aliphatic rings. The van der Waals surface area contributed by atoms with Gasteiger partial charge in [-0.05, 0) is 26.0 Å². The molecule has 1 aromatic rings. The van der Waals surface area contributed by atoms with Crippen LogP contribution in [0.2, 0.25) is 0 Å². The van der Waals surface area contributed by atoms with Crippen LogP contribution in [-0.2, 0) is 4.79 Å². The monoisotopic (exact) mass is 233 g/mol. The third-order valence-corrected chi connectivity index (χ3v) is 2.94. The normalized spacial score (nSPS) is 20.0. The molecule has 17 heavy (non-hydrogen) atoms. The van der Waals surface area contributed by atoms with E-state index in [0.717, 1.165) is 0 Å². The molecule has 0 radical (unpaired) electrons. The Morgan fingerprint density at radius 3 is 3.06 bits per heavy atom. The second-order valence-corrected chi connectivity index (χ2v) is 4.09. The highest BCUT2D eigenvalue weighted by Gasteiger charge is 2.28. The van der Waals surface area contributed by atoms with E-state index in [1.165, 1.54) is 6.92 Å². The smallest absolute Gasteiger partial charge is 0.242 e. The predicted molar refractivity (Wildman–Crippen MR) is 64.1 cm³/mol. The van der Waals surface area contributed by atoms with Gasteiger partial charge in [0.1, 0.15) is 11.9 Å². The summed E-state index contributed by atoms with van der Waals surface area (Å²) in [6.07, 6.45) is 1.64. The van der Waals surface area contributed by atoms with Gasteiger partial charge in [0.2, 0.25) is 5.91 Å². The molecule has 1 aromatic heterocycles. The van der Waals surface area contributed by atoms with Gasteiger partial charge in [0.25, 0.3) is 0 Å². The third kappa shape index (κ3) is 2.13. The van der Waals surface area contributed by atoms with Crippen molar-refractivity contribution in [2.24, 2.45) is 0 Å². The average molecular weight is 233 g/mol. The maximum atomic E-state index is 11.6. The van der Waals surface area contributed by atoms with Gasteiger partial charge in [-0.15, -0.1) is 0 Å². The molecular weight excluding hydrogens is 218 g/mol. The molecular formula is C12H15N3O2. The fourth-order valence-electron chi connectivity index (χ4n) is 1.97. The van der Waals surface area contributed by atoms with Gasteiger partial charge in [-0.1, -0.05) is 0 Å². The molecule has 2 heterocycles. The van der Waals surface area contributed by atoms with E-state index in [0.29, 0.717) is 24.5 Å². The van der Waals surface area contributed by atoms with Crippen molar-refractivity contribution in [2.75, 3.05) is 18.0 Å². The number of nitrogens with one attached hydrogen (secondary N) is 1. The predicted octanol–water partition coefficient (Wildman–Crippen LogP) is 0.609. The van der Waals surface area contributed by atoms with Crippen molar-refractivity contribution >= 4 is 17.5 Å². The Labute approximate surface area is 99.8 Å². The van der Waals surface area contributed by atoms with E-state index in [2.05, 4.69) is 10.3 Å². The van der Waals surface area contributed by atoms with Crippen LogP contribution in [-0.4, -0.2) is 35.8 Å². The minimum Gasteiger partial charge on any atom is -0.353 e. The van der Waals surface area contributed by atoms with Gasteiger partial charge >= 0.3 is 0 Å². The molecule has 1 fully saturated rings. The summed E-state index contributed by atoms with van der Waals surface area (Å²) >= 11 is 0. The summed E-state index contributed by atoms with van der Waals surface area (Å²) in [7, 11) is 0. The summed E-state index contributed by atoms with van der Waals surface area (Å²) in [4.78, 5) is 29.2. The molecule has 1 unspecified atom stereocenters. The number of Topliss-reactive ketones (excluding diaryl/α,β-unsaturated/α-hetero) is 1. The quantitative estimate of drug-likeness (QED) is 0.760. The van der Waals surface area contributed by atoms with Crippen LogP contribution >= 0.6 is 0 Å². The summed E-state index contributed by atoms with van der Waals surface area (Å²) in [5.74, 6) is 0.532. The zero-order valence-electron chi connectivity index (χ0n) is 9.93. The second-order valence-electron chi connectivity index (χ2n) is 4.09. The van der Waals surface area contributed by atoms with Gasteiger partial charge in [0.15, 0.2) is 5.78 Å². The first-order valence-electron chi connectivity index (χ1n) is 5.61. The van der Waals surface area contributed by atoms with Crippen LogP contribution in [0.15, 0.2) is 18.3 Å². The summed E-state index contributed by atoms with van der Waals surface area (Å²) in [5, 5.41) is 2.79. The maximum Gasteiger partial charge on any atom is 0.242 e. The number of amides is 1. The summed E-state index contributed by atoms with van der Waals surface area (Å²) < 4.78 is 0. The molecule has 5 heteroatoms. The van der Waals surface area contributed by atoms with Gasteiger partial charge in [0.05, 0.1) is 5.56 Å². The van der Waals surface area contributed by atoms with Crippen LogP contribution in [0.4, 0.5) is 5.82 Å². The van der Waals surface area contributed by atoms with Crippen LogP contribution in [0.1, 0.15) is 24.2 Å². The number of nitrogens with zero attached hydrogens (tertiary/aromatic N) is 2.